The van der Waals surface area contributed by atoms with Gasteiger partial charge in [0, 0.05) is 16.5 Å². The molecule has 0 unspecified atom stereocenters. The Morgan fingerprint density at radius 2 is 1.64 bits per heavy atom. The molecule has 0 aliphatic carbocycles. The smallest absolute Gasteiger partial charge is 0.240 e. The summed E-state index contributed by atoms with van der Waals surface area (Å²) in [5.74, 6) is 1.19. The number of ether oxygens (including phenoxy) is 1. The number of fused-ring (bicyclic) bond motifs is 1. The van der Waals surface area contributed by atoms with E-state index in [0.717, 1.165) is 22.4 Å². The highest BCUT2D eigenvalue weighted by Crippen LogP contribution is 2.30. The van der Waals surface area contributed by atoms with Crippen molar-refractivity contribution in [3.8, 4) is 28.4 Å². The Morgan fingerprint density at radius 1 is 0.893 bits per heavy atom. The van der Waals surface area contributed by atoms with E-state index in [4.69, 9.17) is 9.84 Å². The van der Waals surface area contributed by atoms with Crippen LogP contribution in [-0.2, 0) is 6.61 Å². The minimum absolute atomic E-state index is 0.352. The second kappa shape index (κ2) is 7.21. The Kier molecular flexibility index (Phi) is 4.27. The highest BCUT2D eigenvalue weighted by atomic mass is 32.1. The first-order valence-corrected chi connectivity index (χ1v) is 9.70. The van der Waals surface area contributed by atoms with Crippen molar-refractivity contribution in [2.75, 3.05) is 0 Å². The minimum Gasteiger partial charge on any atom is -0.470 e. The molecule has 0 radical (unpaired) electrons. The number of hydrogen-bond acceptors (Lipinski definition) is 6. The zero-order valence-corrected chi connectivity index (χ0v) is 15.6. The van der Waals surface area contributed by atoms with Crippen LogP contribution in [0.3, 0.4) is 0 Å². The summed E-state index contributed by atoms with van der Waals surface area (Å²) >= 11 is 1.54. The first-order chi connectivity index (χ1) is 13.9. The van der Waals surface area contributed by atoms with Gasteiger partial charge in [-0.15, -0.1) is 26.6 Å². The van der Waals surface area contributed by atoms with Crippen molar-refractivity contribution in [3.63, 3.8) is 0 Å². The van der Waals surface area contributed by atoms with E-state index < -0.39 is 0 Å². The lowest BCUT2D eigenvalue weighted by molar-refractivity contribution is 0.287. The first-order valence-electron chi connectivity index (χ1n) is 8.75. The average Bonchev–Trinajstić information content (AvgIpc) is 3.42. The standard InChI is InChI=1S/C21H15N5OS/c1-3-7-15(8-4-1)18-11-19-23-24-20(16-9-5-2-6-10-16)26(19)25-21(18)27-12-17-13-28-14-22-17/h1-11,13-14H,12H2. The Bertz CT molecular complexity index is 1200. The topological polar surface area (TPSA) is 65.2 Å². The summed E-state index contributed by atoms with van der Waals surface area (Å²) in [6.45, 7) is 0.352. The zero-order chi connectivity index (χ0) is 18.8. The molecule has 3 heterocycles. The molecule has 5 aromatic rings. The first kappa shape index (κ1) is 16.6. The maximum atomic E-state index is 6.06. The Morgan fingerprint density at radius 3 is 2.36 bits per heavy atom. The van der Waals surface area contributed by atoms with Gasteiger partial charge in [-0.1, -0.05) is 60.7 Å². The monoisotopic (exact) mass is 385 g/mol. The van der Waals surface area contributed by atoms with Gasteiger partial charge in [0.25, 0.3) is 0 Å². The maximum Gasteiger partial charge on any atom is 0.240 e. The molecule has 6 nitrogen and oxygen atoms in total. The van der Waals surface area contributed by atoms with Gasteiger partial charge >= 0.3 is 0 Å². The van der Waals surface area contributed by atoms with Crippen LogP contribution < -0.4 is 4.74 Å². The number of hydrogen-bond donors (Lipinski definition) is 0. The lowest BCUT2D eigenvalue weighted by Gasteiger charge is -2.11. The zero-order valence-electron chi connectivity index (χ0n) is 14.8. The third-order valence-electron chi connectivity index (χ3n) is 4.32. The fourth-order valence-corrected chi connectivity index (χ4v) is 3.51. The molecule has 3 aromatic heterocycles. The molecule has 0 N–H and O–H groups in total. The minimum atomic E-state index is 0.352. The normalized spacial score (nSPS) is 11.0. The van der Waals surface area contributed by atoms with E-state index in [9.17, 15) is 0 Å². The van der Waals surface area contributed by atoms with E-state index in [1.807, 2.05) is 72.1 Å². The molecule has 0 fully saturated rings. The molecule has 0 aliphatic heterocycles. The number of nitrogens with zero attached hydrogens (tertiary/aromatic N) is 5. The predicted molar refractivity (Wildman–Crippen MR) is 108 cm³/mol. The van der Waals surface area contributed by atoms with Crippen molar-refractivity contribution in [1.29, 1.82) is 0 Å². The highest BCUT2D eigenvalue weighted by Gasteiger charge is 2.16. The van der Waals surface area contributed by atoms with E-state index in [-0.39, 0.29) is 0 Å². The SMILES string of the molecule is c1ccc(-c2cc3nnc(-c4ccccc4)n3nc2OCc2cscn2)cc1. The number of rotatable bonds is 5. The van der Waals surface area contributed by atoms with Crippen molar-refractivity contribution in [3.05, 3.63) is 83.3 Å². The average molecular weight is 385 g/mol. The van der Waals surface area contributed by atoms with Crippen LogP contribution in [0.25, 0.3) is 28.2 Å². The van der Waals surface area contributed by atoms with E-state index in [2.05, 4.69) is 15.2 Å². The van der Waals surface area contributed by atoms with Crippen LogP contribution >= 0.6 is 11.3 Å². The maximum absolute atomic E-state index is 6.06. The molecule has 0 bridgehead atoms. The van der Waals surface area contributed by atoms with Crippen molar-refractivity contribution in [1.82, 2.24) is 24.8 Å². The van der Waals surface area contributed by atoms with Gasteiger partial charge in [-0.05, 0) is 11.6 Å². The van der Waals surface area contributed by atoms with Crippen LogP contribution in [-0.4, -0.2) is 24.8 Å². The Balaban J connectivity index is 1.64. The van der Waals surface area contributed by atoms with Gasteiger partial charge in [-0.2, -0.15) is 4.52 Å². The predicted octanol–water partition coefficient (Wildman–Crippen LogP) is 4.49. The van der Waals surface area contributed by atoms with Crippen LogP contribution in [0.5, 0.6) is 5.88 Å². The molecule has 2 aromatic carbocycles. The van der Waals surface area contributed by atoms with Gasteiger partial charge in [0.15, 0.2) is 11.5 Å². The summed E-state index contributed by atoms with van der Waals surface area (Å²) in [6.07, 6.45) is 0. The number of benzene rings is 2. The molecule has 0 saturated carbocycles. The fraction of sp³-hybridized carbons (Fsp3) is 0.0476. The Labute approximate surface area is 165 Å². The van der Waals surface area contributed by atoms with Gasteiger partial charge in [-0.25, -0.2) is 4.98 Å². The Hall–Kier alpha value is -3.58. The van der Waals surface area contributed by atoms with E-state index >= 15 is 0 Å². The molecule has 0 amide bonds. The van der Waals surface area contributed by atoms with Crippen molar-refractivity contribution in [2.45, 2.75) is 6.61 Å². The highest BCUT2D eigenvalue weighted by molar-refractivity contribution is 7.07. The fourth-order valence-electron chi connectivity index (χ4n) is 2.97. The number of thiazole rings is 1. The molecule has 7 heteroatoms. The molecule has 0 atom stereocenters. The van der Waals surface area contributed by atoms with Gasteiger partial charge in [0.2, 0.25) is 5.88 Å². The van der Waals surface area contributed by atoms with Gasteiger partial charge in [-0.3, -0.25) is 0 Å². The van der Waals surface area contributed by atoms with Gasteiger partial charge in [0.05, 0.1) is 11.2 Å². The summed E-state index contributed by atoms with van der Waals surface area (Å²) in [5, 5.41) is 15.4. The van der Waals surface area contributed by atoms with Crippen LogP contribution in [0.15, 0.2) is 77.6 Å². The van der Waals surface area contributed by atoms with E-state index in [0.29, 0.717) is 24.0 Å². The van der Waals surface area contributed by atoms with Gasteiger partial charge in [0.1, 0.15) is 6.61 Å². The van der Waals surface area contributed by atoms with Crippen molar-refractivity contribution >= 4 is 17.0 Å². The molecule has 0 aliphatic rings. The molecule has 0 saturated heterocycles. The van der Waals surface area contributed by atoms with Crippen molar-refractivity contribution < 1.29 is 4.74 Å². The number of aromatic nitrogens is 5. The summed E-state index contributed by atoms with van der Waals surface area (Å²) < 4.78 is 7.78. The molecular formula is C21H15N5OS. The summed E-state index contributed by atoms with van der Waals surface area (Å²) in [4.78, 5) is 4.29. The van der Waals surface area contributed by atoms with Crippen LogP contribution in [0.1, 0.15) is 5.69 Å². The molecule has 5 rings (SSSR count). The molecule has 28 heavy (non-hydrogen) atoms. The molecular weight excluding hydrogens is 370 g/mol. The second-order valence-corrected chi connectivity index (χ2v) is 6.88. The summed E-state index contributed by atoms with van der Waals surface area (Å²) in [7, 11) is 0. The third-order valence-corrected chi connectivity index (χ3v) is 4.95. The van der Waals surface area contributed by atoms with Crippen molar-refractivity contribution in [2.24, 2.45) is 0 Å². The van der Waals surface area contributed by atoms with Crippen LogP contribution in [0, 0.1) is 0 Å². The second-order valence-electron chi connectivity index (χ2n) is 6.16. The third kappa shape index (κ3) is 3.12. The summed E-state index contributed by atoms with van der Waals surface area (Å²) in [6, 6.07) is 21.8. The van der Waals surface area contributed by atoms with Gasteiger partial charge < -0.3 is 4.74 Å². The van der Waals surface area contributed by atoms with E-state index in [1.165, 1.54) is 0 Å². The van der Waals surface area contributed by atoms with Crippen LogP contribution in [0.4, 0.5) is 0 Å². The van der Waals surface area contributed by atoms with Crippen LogP contribution in [0.2, 0.25) is 0 Å². The molecule has 0 spiro atoms. The quantitative estimate of drug-likeness (QED) is 0.446. The van der Waals surface area contributed by atoms with E-state index in [1.54, 1.807) is 21.4 Å². The summed E-state index contributed by atoms with van der Waals surface area (Å²) in [5.41, 5.74) is 6.16. The largest absolute Gasteiger partial charge is 0.470 e. The molecule has 136 valence electrons. The lowest BCUT2D eigenvalue weighted by atomic mass is 10.1. The lowest BCUT2D eigenvalue weighted by Crippen LogP contribution is -2.04.